The van der Waals surface area contributed by atoms with Crippen molar-refractivity contribution in [2.75, 3.05) is 0 Å². The van der Waals surface area contributed by atoms with E-state index in [1.54, 1.807) is 11.3 Å². The van der Waals surface area contributed by atoms with E-state index in [4.69, 9.17) is 5.73 Å². The predicted molar refractivity (Wildman–Crippen MR) is 75.6 cm³/mol. The van der Waals surface area contributed by atoms with E-state index < -0.39 is 0 Å². The van der Waals surface area contributed by atoms with Crippen molar-refractivity contribution < 1.29 is 0 Å². The van der Waals surface area contributed by atoms with Gasteiger partial charge in [0, 0.05) is 15.4 Å². The lowest BCUT2D eigenvalue weighted by molar-refractivity contribution is 0.287. The third kappa shape index (κ3) is 1.92. The van der Waals surface area contributed by atoms with Gasteiger partial charge in [-0.25, -0.2) is 0 Å². The van der Waals surface area contributed by atoms with Crippen molar-refractivity contribution >= 4 is 43.2 Å². The SMILES string of the molecule is NC(c1cc(Br)c(Br)s1)C1CC2CCC1C2. The summed E-state index contributed by atoms with van der Waals surface area (Å²) >= 11 is 8.87. The molecule has 0 aliphatic heterocycles. The maximum atomic E-state index is 6.44. The van der Waals surface area contributed by atoms with E-state index in [0.717, 1.165) is 22.2 Å². The first kappa shape index (κ1) is 11.7. The van der Waals surface area contributed by atoms with Gasteiger partial charge in [0.15, 0.2) is 0 Å². The molecule has 2 N–H and O–H groups in total. The number of halogens is 2. The summed E-state index contributed by atoms with van der Waals surface area (Å²) in [6.45, 7) is 0. The smallest absolute Gasteiger partial charge is 0.0843 e. The number of nitrogens with two attached hydrogens (primary N) is 1. The molecule has 16 heavy (non-hydrogen) atoms. The van der Waals surface area contributed by atoms with Crippen LogP contribution >= 0.6 is 43.2 Å². The van der Waals surface area contributed by atoms with Crippen molar-refractivity contribution in [2.24, 2.45) is 23.5 Å². The molecule has 4 atom stereocenters. The highest BCUT2D eigenvalue weighted by Gasteiger charge is 2.42. The van der Waals surface area contributed by atoms with Crippen molar-refractivity contribution in [3.05, 3.63) is 19.2 Å². The molecule has 1 heterocycles. The maximum Gasteiger partial charge on any atom is 0.0843 e. The van der Waals surface area contributed by atoms with Crippen LogP contribution in [-0.2, 0) is 0 Å². The molecule has 1 nitrogen and oxygen atoms in total. The fraction of sp³-hybridized carbons (Fsp3) is 0.667. The summed E-state index contributed by atoms with van der Waals surface area (Å²) in [6.07, 6.45) is 5.66. The summed E-state index contributed by atoms with van der Waals surface area (Å²) in [5, 5.41) is 0. The highest BCUT2D eigenvalue weighted by molar-refractivity contribution is 9.13. The van der Waals surface area contributed by atoms with E-state index in [9.17, 15) is 0 Å². The van der Waals surface area contributed by atoms with Gasteiger partial charge in [0.2, 0.25) is 0 Å². The summed E-state index contributed by atoms with van der Waals surface area (Å²) in [7, 11) is 0. The first-order valence-corrected chi connectivity index (χ1v) is 8.25. The second kappa shape index (κ2) is 4.38. The van der Waals surface area contributed by atoms with Crippen molar-refractivity contribution in [1.82, 2.24) is 0 Å². The van der Waals surface area contributed by atoms with Gasteiger partial charge in [0.05, 0.1) is 3.79 Å². The van der Waals surface area contributed by atoms with Crippen LogP contribution in [-0.4, -0.2) is 0 Å². The Labute approximate surface area is 117 Å². The lowest BCUT2D eigenvalue weighted by Gasteiger charge is -2.26. The zero-order chi connectivity index (χ0) is 11.3. The highest BCUT2D eigenvalue weighted by atomic mass is 79.9. The molecule has 4 unspecified atom stereocenters. The molecule has 2 aliphatic rings. The van der Waals surface area contributed by atoms with Crippen molar-refractivity contribution in [3.8, 4) is 0 Å². The molecule has 4 heteroatoms. The van der Waals surface area contributed by atoms with Crippen molar-refractivity contribution in [3.63, 3.8) is 0 Å². The van der Waals surface area contributed by atoms with Gasteiger partial charge in [0.25, 0.3) is 0 Å². The van der Waals surface area contributed by atoms with Crippen LogP contribution in [0.15, 0.2) is 14.3 Å². The molecule has 0 aromatic carbocycles. The van der Waals surface area contributed by atoms with E-state index in [1.165, 1.54) is 34.3 Å². The quantitative estimate of drug-likeness (QED) is 0.807. The van der Waals surface area contributed by atoms with E-state index in [-0.39, 0.29) is 6.04 Å². The fourth-order valence-corrected chi connectivity index (χ4v) is 5.64. The Balaban J connectivity index is 1.80. The Bertz CT molecular complexity index is 384. The van der Waals surface area contributed by atoms with Gasteiger partial charge >= 0.3 is 0 Å². The van der Waals surface area contributed by atoms with E-state index in [1.807, 2.05) is 0 Å². The first-order valence-electron chi connectivity index (χ1n) is 5.85. The van der Waals surface area contributed by atoms with Gasteiger partial charge in [-0.2, -0.15) is 0 Å². The van der Waals surface area contributed by atoms with Gasteiger partial charge in [-0.15, -0.1) is 11.3 Å². The zero-order valence-corrected chi connectivity index (χ0v) is 12.9. The topological polar surface area (TPSA) is 26.0 Å². The third-order valence-corrected chi connectivity index (χ3v) is 7.60. The minimum Gasteiger partial charge on any atom is -0.323 e. The molecule has 2 saturated carbocycles. The third-order valence-electron chi connectivity index (χ3n) is 4.25. The second-order valence-corrected chi connectivity index (χ2v) is 8.39. The Morgan fingerprint density at radius 1 is 1.31 bits per heavy atom. The molecule has 2 aliphatic carbocycles. The van der Waals surface area contributed by atoms with Crippen LogP contribution in [0.4, 0.5) is 0 Å². The van der Waals surface area contributed by atoms with Crippen molar-refractivity contribution in [2.45, 2.75) is 31.7 Å². The highest BCUT2D eigenvalue weighted by Crippen LogP contribution is 2.53. The lowest BCUT2D eigenvalue weighted by Crippen LogP contribution is -2.25. The van der Waals surface area contributed by atoms with Gasteiger partial charge in [-0.1, -0.05) is 6.42 Å². The minimum absolute atomic E-state index is 0.253. The molecule has 3 rings (SSSR count). The molecule has 0 saturated heterocycles. The van der Waals surface area contributed by atoms with Crippen LogP contribution in [0.1, 0.15) is 36.6 Å². The summed E-state index contributed by atoms with van der Waals surface area (Å²) in [5.74, 6) is 2.61. The van der Waals surface area contributed by atoms with Crippen LogP contribution in [0.2, 0.25) is 0 Å². The molecule has 0 spiro atoms. The monoisotopic (exact) mass is 363 g/mol. The molecular weight excluding hydrogens is 350 g/mol. The van der Waals surface area contributed by atoms with Crippen LogP contribution in [0.5, 0.6) is 0 Å². The molecule has 2 fully saturated rings. The Morgan fingerprint density at radius 3 is 2.62 bits per heavy atom. The summed E-state index contributed by atoms with van der Waals surface area (Å²) < 4.78 is 2.31. The molecule has 2 bridgehead atoms. The van der Waals surface area contributed by atoms with E-state index in [2.05, 4.69) is 37.9 Å². The summed E-state index contributed by atoms with van der Waals surface area (Å²) in [6, 6.07) is 2.44. The number of thiophene rings is 1. The molecule has 1 aromatic rings. The molecule has 0 amide bonds. The van der Waals surface area contributed by atoms with Gasteiger partial charge in [0.1, 0.15) is 0 Å². The molecule has 1 aromatic heterocycles. The minimum atomic E-state index is 0.253. The molecular formula is C12H15Br2NS. The maximum absolute atomic E-state index is 6.44. The number of hydrogen-bond acceptors (Lipinski definition) is 2. The fourth-order valence-electron chi connectivity index (χ4n) is 3.47. The van der Waals surface area contributed by atoms with Crippen LogP contribution in [0, 0.1) is 17.8 Å². The standard InChI is InChI=1S/C12H15Br2NS/c13-9-5-10(16-12(9)14)11(15)8-4-6-1-2-7(8)3-6/h5-8,11H,1-4,15H2. The Morgan fingerprint density at radius 2 is 2.12 bits per heavy atom. The number of hydrogen-bond donors (Lipinski definition) is 1. The number of fused-ring (bicyclic) bond motifs is 2. The largest absolute Gasteiger partial charge is 0.323 e. The van der Waals surface area contributed by atoms with E-state index in [0.29, 0.717) is 0 Å². The Kier molecular flexibility index (Phi) is 3.20. The summed E-state index contributed by atoms with van der Waals surface area (Å²) in [4.78, 5) is 1.33. The van der Waals surface area contributed by atoms with Crippen molar-refractivity contribution in [1.29, 1.82) is 0 Å². The molecule has 0 radical (unpaired) electrons. The average Bonchev–Trinajstić information content (AvgIpc) is 2.94. The average molecular weight is 365 g/mol. The van der Waals surface area contributed by atoms with Crippen LogP contribution in [0.3, 0.4) is 0 Å². The number of rotatable bonds is 2. The van der Waals surface area contributed by atoms with E-state index >= 15 is 0 Å². The van der Waals surface area contributed by atoms with Gasteiger partial charge < -0.3 is 5.73 Å². The second-order valence-electron chi connectivity index (χ2n) is 5.13. The summed E-state index contributed by atoms with van der Waals surface area (Å²) in [5.41, 5.74) is 6.44. The van der Waals surface area contributed by atoms with Crippen LogP contribution in [0.25, 0.3) is 0 Å². The molecule has 88 valence electrons. The van der Waals surface area contributed by atoms with Crippen LogP contribution < -0.4 is 5.73 Å². The zero-order valence-electron chi connectivity index (χ0n) is 8.96. The van der Waals surface area contributed by atoms with Gasteiger partial charge in [-0.05, 0) is 74.9 Å². The predicted octanol–water partition coefficient (Wildman–Crippen LogP) is 4.71. The first-order chi connectivity index (χ1) is 7.65. The normalized spacial score (nSPS) is 34.6. The van der Waals surface area contributed by atoms with Gasteiger partial charge in [-0.3, -0.25) is 0 Å². The lowest BCUT2D eigenvalue weighted by atomic mass is 9.83. The Hall–Kier alpha value is 0.620.